The molecule has 2 aromatic carbocycles. The highest BCUT2D eigenvalue weighted by Gasteiger charge is 2.21. The molecule has 6 heteroatoms. The third kappa shape index (κ3) is 5.99. The maximum absolute atomic E-state index is 12.6. The number of hydrogen-bond donors (Lipinski definition) is 1. The summed E-state index contributed by atoms with van der Waals surface area (Å²) in [5.74, 6) is 1.34. The van der Waals surface area contributed by atoms with Gasteiger partial charge in [-0.25, -0.2) is 0 Å². The molecule has 160 valence electrons. The van der Waals surface area contributed by atoms with E-state index in [2.05, 4.69) is 10.2 Å². The molecular formula is C24H31N3O3. The molecule has 3 rings (SSSR count). The molecule has 0 radical (unpaired) electrons. The summed E-state index contributed by atoms with van der Waals surface area (Å²) < 4.78 is 5.16. The Labute approximate surface area is 178 Å². The number of piperazine rings is 1. The van der Waals surface area contributed by atoms with Gasteiger partial charge in [0.05, 0.1) is 13.5 Å². The van der Waals surface area contributed by atoms with Crippen molar-refractivity contribution in [2.24, 2.45) is 5.92 Å². The molecule has 2 amide bonds. The first kappa shape index (κ1) is 21.7. The molecular weight excluding hydrogens is 378 g/mol. The van der Waals surface area contributed by atoms with Gasteiger partial charge in [0.15, 0.2) is 0 Å². The first-order valence-electron chi connectivity index (χ1n) is 10.5. The minimum atomic E-state index is 0.0433. The predicted octanol–water partition coefficient (Wildman–Crippen LogP) is 3.57. The standard InChI is InChI=1S/C24H31N3O3/c1-18(2)16-23(28)25-20-6-8-21(9-7-20)26-12-14-27(15-13-26)24(29)17-19-4-10-22(30-3)11-5-19/h4-11,18H,12-17H2,1-3H3,(H,25,28). The molecule has 2 aromatic rings. The normalized spacial score (nSPS) is 14.0. The van der Waals surface area contributed by atoms with E-state index < -0.39 is 0 Å². The van der Waals surface area contributed by atoms with Gasteiger partial charge in [0.25, 0.3) is 0 Å². The van der Waals surface area contributed by atoms with Crippen molar-refractivity contribution < 1.29 is 14.3 Å². The summed E-state index contributed by atoms with van der Waals surface area (Å²) in [5.41, 5.74) is 2.93. The maximum Gasteiger partial charge on any atom is 0.227 e. The van der Waals surface area contributed by atoms with Crippen molar-refractivity contribution in [1.29, 1.82) is 0 Å². The zero-order valence-electron chi connectivity index (χ0n) is 18.1. The summed E-state index contributed by atoms with van der Waals surface area (Å²) in [7, 11) is 1.64. The summed E-state index contributed by atoms with van der Waals surface area (Å²) in [6, 6.07) is 15.6. The van der Waals surface area contributed by atoms with Crippen LogP contribution in [0.3, 0.4) is 0 Å². The van der Waals surface area contributed by atoms with Crippen molar-refractivity contribution in [2.45, 2.75) is 26.7 Å². The summed E-state index contributed by atoms with van der Waals surface area (Å²) in [6.07, 6.45) is 0.934. The van der Waals surface area contributed by atoms with E-state index in [0.29, 0.717) is 31.8 Å². The van der Waals surface area contributed by atoms with Gasteiger partial charge in [-0.1, -0.05) is 26.0 Å². The largest absolute Gasteiger partial charge is 0.497 e. The quantitative estimate of drug-likeness (QED) is 0.759. The van der Waals surface area contributed by atoms with Crippen LogP contribution in [-0.4, -0.2) is 50.0 Å². The fourth-order valence-corrected chi connectivity index (χ4v) is 3.58. The van der Waals surface area contributed by atoms with Crippen LogP contribution in [0.4, 0.5) is 11.4 Å². The molecule has 1 heterocycles. The average molecular weight is 410 g/mol. The van der Waals surface area contributed by atoms with E-state index in [0.717, 1.165) is 35.8 Å². The fraction of sp³-hybridized carbons (Fsp3) is 0.417. The molecule has 0 spiro atoms. The van der Waals surface area contributed by atoms with Gasteiger partial charge in [-0.2, -0.15) is 0 Å². The van der Waals surface area contributed by atoms with Crippen LogP contribution in [-0.2, 0) is 16.0 Å². The lowest BCUT2D eigenvalue weighted by atomic mass is 10.1. The fourth-order valence-electron chi connectivity index (χ4n) is 3.58. The van der Waals surface area contributed by atoms with E-state index in [1.165, 1.54) is 0 Å². The van der Waals surface area contributed by atoms with Gasteiger partial charge >= 0.3 is 0 Å². The third-order valence-electron chi connectivity index (χ3n) is 5.26. The van der Waals surface area contributed by atoms with Crippen molar-refractivity contribution >= 4 is 23.2 Å². The van der Waals surface area contributed by atoms with E-state index in [-0.39, 0.29) is 11.8 Å². The Balaban J connectivity index is 1.48. The van der Waals surface area contributed by atoms with Crippen molar-refractivity contribution in [2.75, 3.05) is 43.5 Å². The van der Waals surface area contributed by atoms with Crippen LogP contribution >= 0.6 is 0 Å². The first-order chi connectivity index (χ1) is 14.4. The Bertz CT molecular complexity index is 839. The maximum atomic E-state index is 12.6. The Hall–Kier alpha value is -3.02. The number of rotatable bonds is 7. The number of carbonyl (C=O) groups is 2. The number of benzene rings is 2. The van der Waals surface area contributed by atoms with E-state index in [9.17, 15) is 9.59 Å². The van der Waals surface area contributed by atoms with Crippen molar-refractivity contribution in [3.05, 3.63) is 54.1 Å². The van der Waals surface area contributed by atoms with Gasteiger partial charge in [-0.15, -0.1) is 0 Å². The minimum Gasteiger partial charge on any atom is -0.497 e. The smallest absolute Gasteiger partial charge is 0.227 e. The van der Waals surface area contributed by atoms with Crippen molar-refractivity contribution in [3.63, 3.8) is 0 Å². The lowest BCUT2D eigenvalue weighted by Gasteiger charge is -2.36. The van der Waals surface area contributed by atoms with Gasteiger partial charge in [-0.05, 0) is 47.9 Å². The Morgan fingerprint density at radius 3 is 2.17 bits per heavy atom. The van der Waals surface area contributed by atoms with Gasteiger partial charge in [0.1, 0.15) is 5.75 Å². The molecule has 30 heavy (non-hydrogen) atoms. The number of ether oxygens (including phenoxy) is 1. The summed E-state index contributed by atoms with van der Waals surface area (Å²) in [4.78, 5) is 28.7. The molecule has 6 nitrogen and oxygen atoms in total. The van der Waals surface area contributed by atoms with E-state index in [1.807, 2.05) is 67.3 Å². The van der Waals surface area contributed by atoms with E-state index in [1.54, 1.807) is 7.11 Å². The van der Waals surface area contributed by atoms with Crippen molar-refractivity contribution in [1.82, 2.24) is 4.90 Å². The van der Waals surface area contributed by atoms with Gasteiger partial charge < -0.3 is 19.9 Å². The molecule has 1 saturated heterocycles. The van der Waals surface area contributed by atoms with Gasteiger partial charge in [0, 0.05) is 44.0 Å². The van der Waals surface area contributed by atoms with Crippen molar-refractivity contribution in [3.8, 4) is 5.75 Å². The molecule has 0 atom stereocenters. The van der Waals surface area contributed by atoms with Crippen LogP contribution in [0, 0.1) is 5.92 Å². The Morgan fingerprint density at radius 2 is 1.60 bits per heavy atom. The molecule has 0 saturated carbocycles. The zero-order chi connectivity index (χ0) is 21.5. The van der Waals surface area contributed by atoms with E-state index in [4.69, 9.17) is 4.74 Å². The molecule has 0 aliphatic carbocycles. The number of methoxy groups -OCH3 is 1. The number of hydrogen-bond acceptors (Lipinski definition) is 4. The predicted molar refractivity (Wildman–Crippen MR) is 120 cm³/mol. The highest BCUT2D eigenvalue weighted by molar-refractivity contribution is 5.91. The first-order valence-corrected chi connectivity index (χ1v) is 10.5. The molecule has 1 N–H and O–H groups in total. The molecule has 0 aromatic heterocycles. The second kappa shape index (κ2) is 10.1. The SMILES string of the molecule is COc1ccc(CC(=O)N2CCN(c3ccc(NC(=O)CC(C)C)cc3)CC2)cc1. The minimum absolute atomic E-state index is 0.0433. The summed E-state index contributed by atoms with van der Waals surface area (Å²) in [5, 5.41) is 2.94. The van der Waals surface area contributed by atoms with Crippen LogP contribution in [0.2, 0.25) is 0 Å². The van der Waals surface area contributed by atoms with E-state index >= 15 is 0 Å². The number of anilines is 2. The van der Waals surface area contributed by atoms with Crippen LogP contribution < -0.4 is 15.0 Å². The number of nitrogens with zero attached hydrogens (tertiary/aromatic N) is 2. The van der Waals surface area contributed by atoms with Crippen LogP contribution in [0.1, 0.15) is 25.8 Å². The van der Waals surface area contributed by atoms with Gasteiger partial charge in [0.2, 0.25) is 11.8 Å². The highest BCUT2D eigenvalue weighted by Crippen LogP contribution is 2.20. The molecule has 0 bridgehead atoms. The van der Waals surface area contributed by atoms with Crippen LogP contribution in [0.15, 0.2) is 48.5 Å². The second-order valence-electron chi connectivity index (χ2n) is 8.09. The lowest BCUT2D eigenvalue weighted by molar-refractivity contribution is -0.130. The Kier molecular flexibility index (Phi) is 7.33. The monoisotopic (exact) mass is 409 g/mol. The summed E-state index contributed by atoms with van der Waals surface area (Å²) >= 11 is 0. The average Bonchev–Trinajstić information content (AvgIpc) is 2.74. The number of carbonyl (C=O) groups excluding carboxylic acids is 2. The van der Waals surface area contributed by atoms with Crippen LogP contribution in [0.25, 0.3) is 0 Å². The Morgan fingerprint density at radius 1 is 0.967 bits per heavy atom. The molecule has 1 aliphatic rings. The highest BCUT2D eigenvalue weighted by atomic mass is 16.5. The summed E-state index contributed by atoms with van der Waals surface area (Å²) in [6.45, 7) is 7.08. The number of nitrogens with one attached hydrogen (secondary N) is 1. The number of amides is 2. The molecule has 0 unspecified atom stereocenters. The zero-order valence-corrected chi connectivity index (χ0v) is 18.1. The molecule has 1 aliphatic heterocycles. The molecule has 1 fully saturated rings. The third-order valence-corrected chi connectivity index (χ3v) is 5.26. The topological polar surface area (TPSA) is 61.9 Å². The van der Waals surface area contributed by atoms with Crippen LogP contribution in [0.5, 0.6) is 5.75 Å². The van der Waals surface area contributed by atoms with Gasteiger partial charge in [-0.3, -0.25) is 9.59 Å². The second-order valence-corrected chi connectivity index (χ2v) is 8.09. The lowest BCUT2D eigenvalue weighted by Crippen LogP contribution is -2.49.